The van der Waals surface area contributed by atoms with Crippen LogP contribution in [0.3, 0.4) is 0 Å². The van der Waals surface area contributed by atoms with Crippen LogP contribution in [0.1, 0.15) is 34.1 Å². The lowest BCUT2D eigenvalue weighted by atomic mass is 10.0. The summed E-state index contributed by atoms with van der Waals surface area (Å²) in [6, 6.07) is -5.32. The van der Waals surface area contributed by atoms with Crippen LogP contribution in [-0.2, 0) is 24.0 Å². The second-order valence-corrected chi connectivity index (χ2v) is 6.72. The van der Waals surface area contributed by atoms with E-state index in [-0.39, 0.29) is 0 Å². The van der Waals surface area contributed by atoms with E-state index in [4.69, 9.17) is 15.9 Å². The molecule has 0 aromatic rings. The zero-order chi connectivity index (χ0) is 22.2. The molecule has 0 saturated carbocycles. The molecule has 12 nitrogen and oxygen atoms in total. The molecular weight excluding hydrogens is 376 g/mol. The number of hydrogen-bond acceptors (Lipinski definition) is 7. The number of carbonyl (C=O) groups is 5. The van der Waals surface area contributed by atoms with Gasteiger partial charge in [-0.05, 0) is 19.8 Å². The third-order valence-corrected chi connectivity index (χ3v) is 3.81. The van der Waals surface area contributed by atoms with Gasteiger partial charge >= 0.3 is 11.9 Å². The van der Waals surface area contributed by atoms with Gasteiger partial charge in [0.2, 0.25) is 17.7 Å². The number of nitrogens with two attached hydrogens (primary N) is 1. The number of hydrogen-bond donors (Lipinski definition) is 7. The highest BCUT2D eigenvalue weighted by Crippen LogP contribution is 2.05. The molecule has 0 aliphatic heterocycles. The first-order valence-corrected chi connectivity index (χ1v) is 8.57. The van der Waals surface area contributed by atoms with Crippen LogP contribution in [0.25, 0.3) is 0 Å². The van der Waals surface area contributed by atoms with E-state index in [9.17, 15) is 29.1 Å². The molecule has 0 saturated heterocycles. The minimum Gasteiger partial charge on any atom is -0.481 e. The van der Waals surface area contributed by atoms with Gasteiger partial charge in [0.15, 0.2) is 0 Å². The van der Waals surface area contributed by atoms with Crippen LogP contribution in [0.2, 0.25) is 0 Å². The second kappa shape index (κ2) is 11.2. The van der Waals surface area contributed by atoms with Crippen LogP contribution >= 0.6 is 0 Å². The highest BCUT2D eigenvalue weighted by Gasteiger charge is 2.32. The Morgan fingerprint density at radius 2 is 1.39 bits per heavy atom. The Balaban J connectivity index is 5.32. The first-order valence-electron chi connectivity index (χ1n) is 8.57. The number of carbonyl (C=O) groups excluding carboxylic acids is 3. The maximum atomic E-state index is 12.5. The van der Waals surface area contributed by atoms with E-state index < -0.39 is 72.3 Å². The molecule has 0 bridgehead atoms. The first-order chi connectivity index (χ1) is 12.8. The molecule has 0 fully saturated rings. The highest BCUT2D eigenvalue weighted by atomic mass is 16.4. The van der Waals surface area contributed by atoms with Crippen molar-refractivity contribution in [2.24, 2.45) is 11.7 Å². The molecule has 0 aliphatic rings. The van der Waals surface area contributed by atoms with Gasteiger partial charge in [-0.25, -0.2) is 0 Å². The number of nitrogens with one attached hydrogen (secondary N) is 3. The van der Waals surface area contributed by atoms with E-state index in [1.165, 1.54) is 13.8 Å². The summed E-state index contributed by atoms with van der Waals surface area (Å²) in [6.07, 6.45) is -2.03. The third-order valence-electron chi connectivity index (χ3n) is 3.81. The van der Waals surface area contributed by atoms with Crippen LogP contribution < -0.4 is 21.7 Å². The number of aliphatic carboxylic acids is 2. The first kappa shape index (κ1) is 25.3. The largest absolute Gasteiger partial charge is 0.481 e. The molecule has 160 valence electrons. The second-order valence-electron chi connectivity index (χ2n) is 6.72. The Morgan fingerprint density at radius 1 is 0.857 bits per heavy atom. The Bertz CT molecular complexity index is 607. The maximum Gasteiger partial charge on any atom is 0.325 e. The van der Waals surface area contributed by atoms with Gasteiger partial charge in [-0.2, -0.15) is 0 Å². The van der Waals surface area contributed by atoms with Crippen molar-refractivity contribution in [1.82, 2.24) is 16.0 Å². The lowest BCUT2D eigenvalue weighted by Crippen LogP contribution is -2.59. The number of aliphatic hydroxyl groups is 1. The predicted molar refractivity (Wildman–Crippen MR) is 95.8 cm³/mol. The number of carboxylic acids is 2. The summed E-state index contributed by atoms with van der Waals surface area (Å²) in [7, 11) is 0. The number of aliphatic hydroxyl groups excluding tert-OH is 1. The zero-order valence-electron chi connectivity index (χ0n) is 16.1. The summed E-state index contributed by atoms with van der Waals surface area (Å²) in [5, 5.41) is 33.8. The lowest BCUT2D eigenvalue weighted by molar-refractivity contribution is -0.143. The standard InChI is InChI=1S/C16H28N4O8/c1-6(2)12(15(26)18-7(3)16(27)28)20-13(24)9(5-10(22)23)19-14(25)11(17)8(4)21/h6-9,11-12,21H,5,17H2,1-4H3,(H,18,26)(H,19,25)(H,20,24)(H,22,23)(H,27,28). The Morgan fingerprint density at radius 3 is 1.79 bits per heavy atom. The molecule has 12 heteroatoms. The molecule has 5 unspecified atom stereocenters. The van der Waals surface area contributed by atoms with Gasteiger partial charge in [-0.3, -0.25) is 24.0 Å². The highest BCUT2D eigenvalue weighted by molar-refractivity contribution is 5.95. The summed E-state index contributed by atoms with van der Waals surface area (Å²) < 4.78 is 0. The third kappa shape index (κ3) is 8.31. The van der Waals surface area contributed by atoms with E-state index in [1.54, 1.807) is 13.8 Å². The fourth-order valence-corrected chi connectivity index (χ4v) is 2.02. The molecule has 0 aromatic carbocycles. The summed E-state index contributed by atoms with van der Waals surface area (Å²) in [5.41, 5.74) is 5.46. The lowest BCUT2D eigenvalue weighted by Gasteiger charge is -2.26. The number of amides is 3. The Kier molecular flexibility index (Phi) is 10.1. The summed E-state index contributed by atoms with van der Waals surface area (Å²) in [6.45, 7) is 5.66. The molecule has 28 heavy (non-hydrogen) atoms. The summed E-state index contributed by atoms with van der Waals surface area (Å²) in [4.78, 5) is 58.5. The minimum absolute atomic E-state index is 0.467. The fourth-order valence-electron chi connectivity index (χ4n) is 2.02. The molecule has 5 atom stereocenters. The summed E-state index contributed by atoms with van der Waals surface area (Å²) >= 11 is 0. The van der Waals surface area contributed by atoms with Crippen LogP contribution in [0.5, 0.6) is 0 Å². The predicted octanol–water partition coefficient (Wildman–Crippen LogP) is -2.62. The van der Waals surface area contributed by atoms with Gasteiger partial charge in [0, 0.05) is 0 Å². The molecule has 0 rings (SSSR count). The normalized spacial score (nSPS) is 16.2. The van der Waals surface area contributed by atoms with Gasteiger partial charge in [0.25, 0.3) is 0 Å². The van der Waals surface area contributed by atoms with Crippen molar-refractivity contribution in [3.63, 3.8) is 0 Å². The average Bonchev–Trinajstić information content (AvgIpc) is 2.56. The van der Waals surface area contributed by atoms with Crippen molar-refractivity contribution in [3.05, 3.63) is 0 Å². The maximum absolute atomic E-state index is 12.5. The zero-order valence-corrected chi connectivity index (χ0v) is 16.1. The van der Waals surface area contributed by atoms with Gasteiger partial charge in [0.1, 0.15) is 24.2 Å². The van der Waals surface area contributed by atoms with Gasteiger partial charge in [-0.15, -0.1) is 0 Å². The molecule has 0 spiro atoms. The van der Waals surface area contributed by atoms with Gasteiger partial charge < -0.3 is 37.0 Å². The molecule has 0 heterocycles. The van der Waals surface area contributed by atoms with Crippen molar-refractivity contribution in [2.75, 3.05) is 0 Å². The smallest absolute Gasteiger partial charge is 0.325 e. The molecule has 8 N–H and O–H groups in total. The fraction of sp³-hybridized carbons (Fsp3) is 0.688. The van der Waals surface area contributed by atoms with Crippen LogP contribution in [0.15, 0.2) is 0 Å². The van der Waals surface area contributed by atoms with Crippen molar-refractivity contribution < 1.29 is 39.3 Å². The average molecular weight is 404 g/mol. The van der Waals surface area contributed by atoms with Gasteiger partial charge in [-0.1, -0.05) is 13.8 Å². The van der Waals surface area contributed by atoms with E-state index in [2.05, 4.69) is 16.0 Å². The van der Waals surface area contributed by atoms with Crippen molar-refractivity contribution in [2.45, 2.75) is 64.4 Å². The quantitative estimate of drug-likeness (QED) is 0.192. The van der Waals surface area contributed by atoms with Gasteiger partial charge in [0.05, 0.1) is 12.5 Å². The van der Waals surface area contributed by atoms with E-state index in [1.807, 2.05) is 0 Å². The molecule has 0 aliphatic carbocycles. The molecular formula is C16H28N4O8. The number of rotatable bonds is 11. The van der Waals surface area contributed by atoms with Crippen LogP contribution in [0.4, 0.5) is 0 Å². The SMILES string of the molecule is CC(NC(=O)C(NC(=O)C(CC(=O)O)NC(=O)C(N)C(C)O)C(C)C)C(=O)O. The van der Waals surface area contributed by atoms with E-state index in [0.29, 0.717) is 0 Å². The monoisotopic (exact) mass is 404 g/mol. The Labute approximate surface area is 161 Å². The van der Waals surface area contributed by atoms with Crippen LogP contribution in [-0.4, -0.2) is 75.3 Å². The van der Waals surface area contributed by atoms with E-state index >= 15 is 0 Å². The molecule has 0 radical (unpaired) electrons. The molecule has 0 aromatic heterocycles. The van der Waals surface area contributed by atoms with Crippen molar-refractivity contribution in [3.8, 4) is 0 Å². The number of carboxylic acid groups (broad SMARTS) is 2. The molecule has 3 amide bonds. The van der Waals surface area contributed by atoms with Crippen molar-refractivity contribution in [1.29, 1.82) is 0 Å². The minimum atomic E-state index is -1.55. The summed E-state index contributed by atoms with van der Waals surface area (Å²) in [5.74, 6) is -5.82. The van der Waals surface area contributed by atoms with Crippen LogP contribution in [0, 0.1) is 5.92 Å². The topological polar surface area (TPSA) is 208 Å². The van der Waals surface area contributed by atoms with Crippen molar-refractivity contribution >= 4 is 29.7 Å². The Hall–Kier alpha value is -2.73. The van der Waals surface area contributed by atoms with E-state index in [0.717, 1.165) is 0 Å².